The minimum atomic E-state index is -4.02. The first-order valence-corrected chi connectivity index (χ1v) is 6.67. The van der Waals surface area contributed by atoms with Crippen LogP contribution in [0.5, 0.6) is 0 Å². The lowest BCUT2D eigenvalue weighted by Crippen LogP contribution is -2.67. The first-order chi connectivity index (χ1) is 8.60. The van der Waals surface area contributed by atoms with Crippen molar-refractivity contribution in [2.75, 3.05) is 4.31 Å². The number of hydrogen-bond donors (Lipinski definition) is 1. The van der Waals surface area contributed by atoms with E-state index in [0.717, 1.165) is 18.2 Å². The fourth-order valence-electron chi connectivity index (χ4n) is 1.69. The molecule has 0 aromatic heterocycles. The molecule has 0 bridgehead atoms. The van der Waals surface area contributed by atoms with Crippen LogP contribution in [0.15, 0.2) is 18.2 Å². The van der Waals surface area contributed by atoms with E-state index >= 15 is 0 Å². The highest BCUT2D eigenvalue weighted by Crippen LogP contribution is 2.40. The molecule has 2 rings (SSSR count). The van der Waals surface area contributed by atoms with Crippen LogP contribution < -0.4 is 4.31 Å². The van der Waals surface area contributed by atoms with E-state index in [1.54, 1.807) is 0 Å². The molecular formula is C11H10FNO5S. The second kappa shape index (κ2) is 3.77. The Morgan fingerprint density at radius 2 is 1.95 bits per heavy atom. The molecule has 102 valence electrons. The van der Waals surface area contributed by atoms with Crippen molar-refractivity contribution in [2.24, 2.45) is 0 Å². The molecule has 1 N–H and O–H groups in total. The zero-order valence-electron chi connectivity index (χ0n) is 10.0. The standard InChI is InChI=1S/C11H10FNO5S/c1-11(2)10(16)13(19(11,17)18)8-5-6(9(14)15)3-4-7(8)12/h3-5H,1-2H3,(H,14,15). The highest BCUT2D eigenvalue weighted by Gasteiger charge is 2.61. The second-order valence-electron chi connectivity index (χ2n) is 4.56. The average Bonchev–Trinajstić information content (AvgIpc) is 2.30. The summed E-state index contributed by atoms with van der Waals surface area (Å²) in [5.41, 5.74) is -0.867. The van der Waals surface area contributed by atoms with Crippen molar-refractivity contribution in [1.82, 2.24) is 0 Å². The van der Waals surface area contributed by atoms with Gasteiger partial charge in [0.15, 0.2) is 4.75 Å². The van der Waals surface area contributed by atoms with Crippen molar-refractivity contribution in [3.8, 4) is 0 Å². The second-order valence-corrected chi connectivity index (χ2v) is 6.89. The van der Waals surface area contributed by atoms with Crippen LogP contribution in [0.4, 0.5) is 10.1 Å². The largest absolute Gasteiger partial charge is 0.478 e. The number of carboxylic acids is 1. The van der Waals surface area contributed by atoms with Gasteiger partial charge in [0.25, 0.3) is 15.9 Å². The molecule has 1 fully saturated rings. The predicted octanol–water partition coefficient (Wildman–Crippen LogP) is 0.979. The van der Waals surface area contributed by atoms with Gasteiger partial charge < -0.3 is 5.11 Å². The first-order valence-electron chi connectivity index (χ1n) is 5.23. The molecule has 0 aliphatic carbocycles. The Kier molecular flexibility index (Phi) is 2.67. The van der Waals surface area contributed by atoms with E-state index in [9.17, 15) is 22.4 Å². The minimum Gasteiger partial charge on any atom is -0.478 e. The molecule has 0 spiro atoms. The van der Waals surface area contributed by atoms with Gasteiger partial charge in [-0.15, -0.1) is 0 Å². The molecule has 1 aromatic rings. The third-order valence-electron chi connectivity index (χ3n) is 3.00. The van der Waals surface area contributed by atoms with Crippen LogP contribution in [0.2, 0.25) is 0 Å². The van der Waals surface area contributed by atoms with Crippen molar-refractivity contribution in [3.63, 3.8) is 0 Å². The van der Waals surface area contributed by atoms with E-state index in [-0.39, 0.29) is 5.56 Å². The Morgan fingerprint density at radius 3 is 2.42 bits per heavy atom. The van der Waals surface area contributed by atoms with Gasteiger partial charge in [-0.3, -0.25) is 4.79 Å². The fraction of sp³-hybridized carbons (Fsp3) is 0.273. The maximum absolute atomic E-state index is 13.6. The molecule has 0 saturated carbocycles. The molecule has 1 aliphatic rings. The highest BCUT2D eigenvalue weighted by atomic mass is 32.2. The summed E-state index contributed by atoms with van der Waals surface area (Å²) in [5, 5.41) is 8.80. The minimum absolute atomic E-state index is 0.300. The Bertz CT molecular complexity index is 695. The summed E-state index contributed by atoms with van der Waals surface area (Å²) in [6, 6.07) is 2.62. The van der Waals surface area contributed by atoms with Gasteiger partial charge in [0, 0.05) is 0 Å². The normalized spacial score (nSPS) is 19.9. The van der Waals surface area contributed by atoms with Gasteiger partial charge in [0.1, 0.15) is 5.82 Å². The van der Waals surface area contributed by atoms with Crippen LogP contribution >= 0.6 is 0 Å². The van der Waals surface area contributed by atoms with Crippen molar-refractivity contribution >= 4 is 27.6 Å². The summed E-state index contributed by atoms with van der Waals surface area (Å²) in [6.45, 7) is 2.42. The zero-order chi connectivity index (χ0) is 14.6. The van der Waals surface area contributed by atoms with Crippen LogP contribution in [0.1, 0.15) is 24.2 Å². The van der Waals surface area contributed by atoms with Crippen molar-refractivity contribution in [2.45, 2.75) is 18.6 Å². The molecule has 0 atom stereocenters. The Morgan fingerprint density at radius 1 is 1.37 bits per heavy atom. The third-order valence-corrected chi connectivity index (χ3v) is 5.30. The number of anilines is 1. The van der Waals surface area contributed by atoms with Gasteiger partial charge in [-0.05, 0) is 32.0 Å². The Hall–Kier alpha value is -1.96. The van der Waals surface area contributed by atoms with Crippen molar-refractivity contribution in [1.29, 1.82) is 0 Å². The number of sulfonamides is 1. The van der Waals surface area contributed by atoms with Gasteiger partial charge in [0.05, 0.1) is 11.3 Å². The summed E-state index contributed by atoms with van der Waals surface area (Å²) in [6.07, 6.45) is 0. The smallest absolute Gasteiger partial charge is 0.335 e. The van der Waals surface area contributed by atoms with Crippen molar-refractivity contribution in [3.05, 3.63) is 29.6 Å². The molecule has 1 aromatic carbocycles. The summed E-state index contributed by atoms with van der Waals surface area (Å²) in [7, 11) is -4.02. The molecule has 1 aliphatic heterocycles. The monoisotopic (exact) mass is 287 g/mol. The molecule has 8 heteroatoms. The summed E-state index contributed by atoms with van der Waals surface area (Å²) < 4.78 is 36.1. The molecule has 0 unspecified atom stereocenters. The summed E-state index contributed by atoms with van der Waals surface area (Å²) >= 11 is 0. The number of nitrogens with zero attached hydrogens (tertiary/aromatic N) is 1. The van der Waals surface area contributed by atoms with Gasteiger partial charge >= 0.3 is 5.97 Å². The number of amides is 1. The number of halogens is 1. The quantitative estimate of drug-likeness (QED) is 0.875. The lowest BCUT2D eigenvalue weighted by atomic mass is 10.1. The molecular weight excluding hydrogens is 277 g/mol. The number of carbonyl (C=O) groups excluding carboxylic acids is 1. The number of carbonyl (C=O) groups is 2. The van der Waals surface area contributed by atoms with E-state index in [2.05, 4.69) is 0 Å². The van der Waals surface area contributed by atoms with Gasteiger partial charge in [-0.25, -0.2) is 21.9 Å². The average molecular weight is 287 g/mol. The Labute approximate surface area is 108 Å². The molecule has 6 nitrogen and oxygen atoms in total. The molecule has 1 amide bonds. The zero-order valence-corrected chi connectivity index (χ0v) is 10.9. The van der Waals surface area contributed by atoms with Crippen LogP contribution in [0, 0.1) is 5.82 Å². The van der Waals surface area contributed by atoms with E-state index in [1.165, 1.54) is 13.8 Å². The number of carboxylic acid groups (broad SMARTS) is 1. The first kappa shape index (κ1) is 13.5. The van der Waals surface area contributed by atoms with E-state index in [1.807, 2.05) is 0 Å². The SMILES string of the molecule is CC1(C)C(=O)N(c2cc(C(=O)O)ccc2F)S1(=O)=O. The van der Waals surface area contributed by atoms with Crippen LogP contribution in [0.3, 0.4) is 0 Å². The maximum atomic E-state index is 13.6. The number of rotatable bonds is 2. The number of hydrogen-bond acceptors (Lipinski definition) is 4. The third kappa shape index (κ3) is 1.63. The van der Waals surface area contributed by atoms with Crippen molar-refractivity contribution < 1.29 is 27.5 Å². The van der Waals surface area contributed by atoms with E-state index < -0.39 is 38.2 Å². The number of benzene rings is 1. The van der Waals surface area contributed by atoms with Crippen LogP contribution in [0.25, 0.3) is 0 Å². The lowest BCUT2D eigenvalue weighted by molar-refractivity contribution is -0.120. The molecule has 0 radical (unpaired) electrons. The van der Waals surface area contributed by atoms with Crippen LogP contribution in [-0.2, 0) is 14.8 Å². The lowest BCUT2D eigenvalue weighted by Gasteiger charge is -2.42. The van der Waals surface area contributed by atoms with Gasteiger partial charge in [-0.1, -0.05) is 0 Å². The molecule has 19 heavy (non-hydrogen) atoms. The van der Waals surface area contributed by atoms with E-state index in [4.69, 9.17) is 5.11 Å². The molecule has 1 saturated heterocycles. The molecule has 1 heterocycles. The van der Waals surface area contributed by atoms with Gasteiger partial charge in [0.2, 0.25) is 0 Å². The number of aromatic carboxylic acids is 1. The maximum Gasteiger partial charge on any atom is 0.335 e. The Balaban J connectivity index is 2.59. The fourth-order valence-corrected chi connectivity index (χ4v) is 3.18. The highest BCUT2D eigenvalue weighted by molar-refractivity contribution is 7.98. The van der Waals surface area contributed by atoms with Gasteiger partial charge in [-0.2, -0.15) is 0 Å². The van der Waals surface area contributed by atoms with Crippen LogP contribution in [-0.4, -0.2) is 30.1 Å². The topological polar surface area (TPSA) is 91.8 Å². The summed E-state index contributed by atoms with van der Waals surface area (Å²) in [5.74, 6) is -3.11. The summed E-state index contributed by atoms with van der Waals surface area (Å²) in [4.78, 5) is 22.6. The van der Waals surface area contributed by atoms with E-state index in [0.29, 0.717) is 4.31 Å². The predicted molar refractivity (Wildman–Crippen MR) is 63.8 cm³/mol.